The summed E-state index contributed by atoms with van der Waals surface area (Å²) in [4.78, 5) is 24.5. The Morgan fingerprint density at radius 3 is 0.973 bits per heavy atom. The third kappa shape index (κ3) is 59.4. The number of hydrogen-bond acceptors (Lipinski definition) is 5. The van der Waals surface area contributed by atoms with Crippen LogP contribution in [-0.4, -0.2) is 47.4 Å². The van der Waals surface area contributed by atoms with E-state index in [9.17, 15) is 19.8 Å². The third-order valence-corrected chi connectivity index (χ3v) is 15.5. The molecule has 0 saturated heterocycles. The molecule has 0 radical (unpaired) electrons. The first-order valence-corrected chi connectivity index (χ1v) is 33.1. The van der Waals surface area contributed by atoms with Crippen LogP contribution in [0.5, 0.6) is 0 Å². The Morgan fingerprint density at radius 2 is 0.644 bits per heavy atom. The lowest BCUT2D eigenvalue weighted by molar-refractivity contribution is -0.143. The van der Waals surface area contributed by atoms with Crippen LogP contribution in [0.4, 0.5) is 0 Å². The van der Waals surface area contributed by atoms with Crippen LogP contribution in [0, 0.1) is 0 Å². The van der Waals surface area contributed by atoms with Gasteiger partial charge in [0.1, 0.15) is 0 Å². The van der Waals surface area contributed by atoms with Gasteiger partial charge >= 0.3 is 5.97 Å². The monoisotopic (exact) mass is 1030 g/mol. The molecule has 0 aromatic rings. The molecule has 0 aromatic heterocycles. The second kappa shape index (κ2) is 62.9. The molecule has 2 unspecified atom stereocenters. The van der Waals surface area contributed by atoms with Gasteiger partial charge in [-0.25, -0.2) is 0 Å². The van der Waals surface area contributed by atoms with E-state index in [1.165, 1.54) is 295 Å². The molecule has 0 spiro atoms. The summed E-state index contributed by atoms with van der Waals surface area (Å²) >= 11 is 0. The van der Waals surface area contributed by atoms with Crippen molar-refractivity contribution < 1.29 is 24.5 Å². The number of ether oxygens (including phenoxy) is 1. The zero-order valence-electron chi connectivity index (χ0n) is 49.4. The van der Waals surface area contributed by atoms with Gasteiger partial charge in [-0.3, -0.25) is 9.59 Å². The van der Waals surface area contributed by atoms with E-state index in [1.54, 1.807) is 6.08 Å². The summed E-state index contributed by atoms with van der Waals surface area (Å²) in [6.45, 7) is 4.92. The van der Waals surface area contributed by atoms with E-state index in [0.29, 0.717) is 19.4 Å². The zero-order valence-corrected chi connectivity index (χ0v) is 49.4. The molecule has 0 rings (SSSR count). The van der Waals surface area contributed by atoms with E-state index >= 15 is 0 Å². The first-order chi connectivity index (χ1) is 36.0. The lowest BCUT2D eigenvalue weighted by atomic mass is 10.0. The Kier molecular flexibility index (Phi) is 61.4. The topological polar surface area (TPSA) is 95.9 Å². The van der Waals surface area contributed by atoms with Crippen LogP contribution in [-0.2, 0) is 14.3 Å². The second-order valence-electron chi connectivity index (χ2n) is 22.8. The highest BCUT2D eigenvalue weighted by Crippen LogP contribution is 2.18. The van der Waals surface area contributed by atoms with Crippen LogP contribution >= 0.6 is 0 Å². The van der Waals surface area contributed by atoms with Gasteiger partial charge in [-0.2, -0.15) is 0 Å². The second-order valence-corrected chi connectivity index (χ2v) is 22.8. The molecule has 1 amide bonds. The van der Waals surface area contributed by atoms with Crippen molar-refractivity contribution in [2.24, 2.45) is 0 Å². The number of carbonyl (C=O) groups excluding carboxylic acids is 2. The zero-order chi connectivity index (χ0) is 52.9. The lowest BCUT2D eigenvalue weighted by Gasteiger charge is -2.20. The number of unbranched alkanes of at least 4 members (excludes halogenated alkanes) is 49. The SMILES string of the molecule is CCCCCCCC/C=C\CCCCCCCC(=O)OCCCCCCCCCCCCCCCCCCCCCCCCCCCCC(=O)NC(CO)C(O)/C=C/CCCCCCCCCCCCCCC. The summed E-state index contributed by atoms with van der Waals surface area (Å²) < 4.78 is 5.49. The molecule has 2 atom stereocenters. The smallest absolute Gasteiger partial charge is 0.305 e. The van der Waals surface area contributed by atoms with E-state index in [2.05, 4.69) is 31.3 Å². The summed E-state index contributed by atoms with van der Waals surface area (Å²) in [5.41, 5.74) is 0. The van der Waals surface area contributed by atoms with Gasteiger partial charge < -0.3 is 20.3 Å². The molecule has 0 aliphatic heterocycles. The number of amides is 1. The molecular formula is C67H129NO5. The molecule has 0 fully saturated rings. The fourth-order valence-electron chi connectivity index (χ4n) is 10.4. The maximum absolute atomic E-state index is 12.5. The molecule has 432 valence electrons. The van der Waals surface area contributed by atoms with Crippen molar-refractivity contribution in [3.63, 3.8) is 0 Å². The molecule has 0 aromatic carbocycles. The number of aliphatic hydroxyl groups is 2. The summed E-state index contributed by atoms with van der Waals surface area (Å²) in [7, 11) is 0. The standard InChI is InChI=1S/C67H129NO5/c1-3-5-7-9-11-13-15-17-31-35-39-43-47-51-55-59-65(70)64(63-69)68-66(71)60-56-52-48-44-40-36-33-29-27-25-23-21-19-20-22-24-26-28-30-34-38-42-46-50-54-58-62-73-67(72)61-57-53-49-45-41-37-32-18-16-14-12-10-8-6-4-2/h18,32,55,59,64-65,69-70H,3-17,19-31,33-54,56-58,60-63H2,1-2H3,(H,68,71)/b32-18-,59-55+. The molecule has 0 aliphatic carbocycles. The first kappa shape index (κ1) is 71.3. The minimum atomic E-state index is -0.842. The van der Waals surface area contributed by atoms with Crippen molar-refractivity contribution in [2.45, 2.75) is 379 Å². The van der Waals surface area contributed by atoms with Crippen LogP contribution in [0.25, 0.3) is 0 Å². The van der Waals surface area contributed by atoms with Crippen molar-refractivity contribution in [2.75, 3.05) is 13.2 Å². The number of carbonyl (C=O) groups is 2. The van der Waals surface area contributed by atoms with Crippen molar-refractivity contribution >= 4 is 11.9 Å². The molecule has 6 nitrogen and oxygen atoms in total. The highest BCUT2D eigenvalue weighted by Gasteiger charge is 2.18. The van der Waals surface area contributed by atoms with Crippen LogP contribution in [0.1, 0.15) is 367 Å². The average Bonchev–Trinajstić information content (AvgIpc) is 3.39. The molecule has 73 heavy (non-hydrogen) atoms. The maximum Gasteiger partial charge on any atom is 0.305 e. The molecule has 3 N–H and O–H groups in total. The van der Waals surface area contributed by atoms with Gasteiger partial charge in [0.2, 0.25) is 5.91 Å². The van der Waals surface area contributed by atoms with Gasteiger partial charge in [-0.15, -0.1) is 0 Å². The third-order valence-electron chi connectivity index (χ3n) is 15.5. The predicted molar refractivity (Wildman–Crippen MR) is 320 cm³/mol. The van der Waals surface area contributed by atoms with E-state index in [0.717, 1.165) is 44.9 Å². The maximum atomic E-state index is 12.5. The van der Waals surface area contributed by atoms with E-state index in [4.69, 9.17) is 4.74 Å². The summed E-state index contributed by atoms with van der Waals surface area (Å²) in [5.74, 6) is -0.0543. The highest BCUT2D eigenvalue weighted by molar-refractivity contribution is 5.76. The normalized spacial score (nSPS) is 12.7. The molecule has 0 aliphatic rings. The van der Waals surface area contributed by atoms with E-state index in [1.807, 2.05) is 6.08 Å². The van der Waals surface area contributed by atoms with E-state index in [-0.39, 0.29) is 18.5 Å². The van der Waals surface area contributed by atoms with Crippen LogP contribution in [0.15, 0.2) is 24.3 Å². The summed E-state index contributed by atoms with van der Waals surface area (Å²) in [5, 5.41) is 23.1. The molecule has 0 heterocycles. The summed E-state index contributed by atoms with van der Waals surface area (Å²) in [6.07, 6.45) is 78.1. The Morgan fingerprint density at radius 1 is 0.370 bits per heavy atom. The Balaban J connectivity index is 3.36. The Bertz CT molecular complexity index is 1140. The molecule has 6 heteroatoms. The van der Waals surface area contributed by atoms with Gasteiger partial charge in [-0.05, 0) is 57.8 Å². The number of rotatable bonds is 62. The fraction of sp³-hybridized carbons (Fsp3) is 0.910. The van der Waals surface area contributed by atoms with Gasteiger partial charge in [0.05, 0.1) is 25.4 Å². The minimum Gasteiger partial charge on any atom is -0.466 e. The average molecular weight is 1030 g/mol. The molecule has 0 bridgehead atoms. The minimum absolute atomic E-state index is 0.00937. The van der Waals surface area contributed by atoms with Crippen molar-refractivity contribution in [3.8, 4) is 0 Å². The van der Waals surface area contributed by atoms with Gasteiger partial charge in [0, 0.05) is 12.8 Å². The van der Waals surface area contributed by atoms with Crippen LogP contribution in [0.3, 0.4) is 0 Å². The number of nitrogens with one attached hydrogen (secondary N) is 1. The highest BCUT2D eigenvalue weighted by atomic mass is 16.5. The Labute approximate surface area is 456 Å². The Hall–Kier alpha value is -1.66. The number of esters is 1. The number of hydrogen-bond donors (Lipinski definition) is 3. The number of aliphatic hydroxyl groups excluding tert-OH is 2. The van der Waals surface area contributed by atoms with Gasteiger partial charge in [0.25, 0.3) is 0 Å². The quantitative estimate of drug-likeness (QED) is 0.0320. The molecule has 0 saturated carbocycles. The van der Waals surface area contributed by atoms with Crippen molar-refractivity contribution in [1.29, 1.82) is 0 Å². The largest absolute Gasteiger partial charge is 0.466 e. The summed E-state index contributed by atoms with van der Waals surface area (Å²) in [6, 6.07) is -0.626. The van der Waals surface area contributed by atoms with Gasteiger partial charge in [-0.1, -0.05) is 321 Å². The van der Waals surface area contributed by atoms with Gasteiger partial charge in [0.15, 0.2) is 0 Å². The predicted octanol–water partition coefficient (Wildman–Crippen LogP) is 21.0. The number of allylic oxidation sites excluding steroid dienone is 3. The lowest BCUT2D eigenvalue weighted by Crippen LogP contribution is -2.45. The fourth-order valence-corrected chi connectivity index (χ4v) is 10.4. The van der Waals surface area contributed by atoms with Crippen LogP contribution in [0.2, 0.25) is 0 Å². The van der Waals surface area contributed by atoms with E-state index < -0.39 is 12.1 Å². The first-order valence-electron chi connectivity index (χ1n) is 33.1. The molecular weight excluding hydrogens is 899 g/mol. The van der Waals surface area contributed by atoms with Crippen LogP contribution < -0.4 is 5.32 Å². The van der Waals surface area contributed by atoms with Crippen molar-refractivity contribution in [1.82, 2.24) is 5.32 Å². The van der Waals surface area contributed by atoms with Crippen molar-refractivity contribution in [3.05, 3.63) is 24.3 Å².